The van der Waals surface area contributed by atoms with Gasteiger partial charge in [0.05, 0.1) is 9.79 Å². The van der Waals surface area contributed by atoms with Crippen LogP contribution in [0.2, 0.25) is 0 Å². The minimum absolute atomic E-state index is 0.126. The van der Waals surface area contributed by atoms with Crippen molar-refractivity contribution in [2.24, 2.45) is 7.05 Å². The van der Waals surface area contributed by atoms with E-state index in [0.717, 1.165) is 31.9 Å². The van der Waals surface area contributed by atoms with Gasteiger partial charge < -0.3 is 9.47 Å². The third-order valence-electron chi connectivity index (χ3n) is 5.93. The van der Waals surface area contributed by atoms with Gasteiger partial charge in [-0.25, -0.2) is 12.8 Å². The number of sulfone groups is 1. The van der Waals surface area contributed by atoms with Gasteiger partial charge in [0.1, 0.15) is 5.82 Å². The van der Waals surface area contributed by atoms with E-state index in [1.807, 2.05) is 6.07 Å². The molecule has 0 bridgehead atoms. The minimum atomic E-state index is -3.78. The first-order valence-corrected chi connectivity index (χ1v) is 11.7. The quantitative estimate of drug-likeness (QED) is 0.630. The first-order chi connectivity index (χ1) is 14.1. The van der Waals surface area contributed by atoms with Gasteiger partial charge in [-0.05, 0) is 57.2 Å². The molecule has 3 aromatic rings. The van der Waals surface area contributed by atoms with Crippen molar-refractivity contribution in [3.63, 3.8) is 0 Å². The van der Waals surface area contributed by atoms with Crippen LogP contribution in [0.25, 0.3) is 10.9 Å². The summed E-state index contributed by atoms with van der Waals surface area (Å²) in [6.45, 7) is 10.2. The summed E-state index contributed by atoms with van der Waals surface area (Å²) >= 11 is 0. The number of hydrogen-bond donors (Lipinski definition) is 0. The second kappa shape index (κ2) is 7.39. The molecule has 160 valence electrons. The van der Waals surface area contributed by atoms with E-state index in [-0.39, 0.29) is 15.3 Å². The molecule has 30 heavy (non-hydrogen) atoms. The van der Waals surface area contributed by atoms with Crippen LogP contribution < -0.4 is 4.90 Å². The Kier molecular flexibility index (Phi) is 5.14. The van der Waals surface area contributed by atoms with E-state index in [4.69, 9.17) is 0 Å². The van der Waals surface area contributed by atoms with E-state index in [1.54, 1.807) is 42.1 Å². The lowest BCUT2D eigenvalue weighted by atomic mass is 10.0. The van der Waals surface area contributed by atoms with Crippen LogP contribution in [0.5, 0.6) is 0 Å². The third kappa shape index (κ3) is 3.72. The summed E-state index contributed by atoms with van der Waals surface area (Å²) in [6, 6.07) is 11.3. The van der Waals surface area contributed by atoms with Crippen molar-refractivity contribution in [3.8, 4) is 0 Å². The number of aromatic nitrogens is 1. The van der Waals surface area contributed by atoms with Crippen LogP contribution in [0.15, 0.2) is 58.5 Å². The molecule has 0 saturated carbocycles. The molecule has 7 heteroatoms. The average Bonchev–Trinajstić information content (AvgIpc) is 3.04. The Hall–Kier alpha value is -2.38. The van der Waals surface area contributed by atoms with Gasteiger partial charge in [0, 0.05) is 61.6 Å². The van der Waals surface area contributed by atoms with Gasteiger partial charge in [0.25, 0.3) is 0 Å². The highest BCUT2D eigenvalue weighted by Crippen LogP contribution is 2.32. The molecule has 0 N–H and O–H groups in total. The second-order valence-electron chi connectivity index (χ2n) is 8.91. The topological polar surface area (TPSA) is 45.6 Å². The molecular weight excluding hydrogens is 401 g/mol. The van der Waals surface area contributed by atoms with E-state index in [9.17, 15) is 12.8 Å². The molecule has 0 radical (unpaired) electrons. The van der Waals surface area contributed by atoms with Crippen molar-refractivity contribution < 1.29 is 12.8 Å². The second-order valence-corrected chi connectivity index (χ2v) is 10.8. The lowest BCUT2D eigenvalue weighted by molar-refractivity contribution is 0.128. The summed E-state index contributed by atoms with van der Waals surface area (Å²) in [5.74, 6) is -0.449. The van der Waals surface area contributed by atoms with Crippen LogP contribution in [0, 0.1) is 5.82 Å². The Morgan fingerprint density at radius 3 is 2.33 bits per heavy atom. The molecule has 2 heterocycles. The number of nitrogens with zero attached hydrogens (tertiary/aromatic N) is 3. The molecule has 5 nitrogen and oxygen atoms in total. The van der Waals surface area contributed by atoms with Crippen molar-refractivity contribution >= 4 is 26.4 Å². The highest BCUT2D eigenvalue weighted by molar-refractivity contribution is 7.91. The van der Waals surface area contributed by atoms with Gasteiger partial charge in [0.2, 0.25) is 9.84 Å². The fourth-order valence-corrected chi connectivity index (χ4v) is 5.69. The molecule has 0 spiro atoms. The predicted molar refractivity (Wildman–Crippen MR) is 118 cm³/mol. The Morgan fingerprint density at radius 2 is 1.67 bits per heavy atom. The average molecular weight is 430 g/mol. The van der Waals surface area contributed by atoms with Crippen molar-refractivity contribution in [3.05, 3.63) is 54.5 Å². The summed E-state index contributed by atoms with van der Waals surface area (Å²) in [7, 11) is -2.01. The SMILES string of the molecule is Cn1cc(S(=O)(=O)c2cccc(N3CCN(C(C)(C)C)CC3)c2)c2cc(F)ccc21. The van der Waals surface area contributed by atoms with Crippen molar-refractivity contribution in [1.82, 2.24) is 9.47 Å². The number of fused-ring (bicyclic) bond motifs is 1. The van der Waals surface area contributed by atoms with Gasteiger partial charge >= 0.3 is 0 Å². The first kappa shape index (κ1) is 20.9. The Bertz CT molecular complexity index is 1190. The molecule has 0 unspecified atom stereocenters. The molecule has 4 rings (SSSR count). The predicted octanol–water partition coefficient (Wildman–Crippen LogP) is 4.07. The highest BCUT2D eigenvalue weighted by atomic mass is 32.2. The largest absolute Gasteiger partial charge is 0.369 e. The molecule has 1 fully saturated rings. The summed E-state index contributed by atoms with van der Waals surface area (Å²) in [5.41, 5.74) is 1.71. The van der Waals surface area contributed by atoms with E-state index in [0.29, 0.717) is 10.9 Å². The number of benzene rings is 2. The van der Waals surface area contributed by atoms with Crippen molar-refractivity contribution in [1.29, 1.82) is 0 Å². The van der Waals surface area contributed by atoms with Crippen LogP contribution in [-0.2, 0) is 16.9 Å². The van der Waals surface area contributed by atoms with Crippen LogP contribution in [-0.4, -0.2) is 49.6 Å². The lowest BCUT2D eigenvalue weighted by Crippen LogP contribution is -2.53. The lowest BCUT2D eigenvalue weighted by Gasteiger charge is -2.43. The Labute approximate surface area is 177 Å². The fourth-order valence-electron chi connectivity index (χ4n) is 4.15. The summed E-state index contributed by atoms with van der Waals surface area (Å²) < 4.78 is 42.4. The van der Waals surface area contributed by atoms with Crippen LogP contribution >= 0.6 is 0 Å². The normalized spacial score (nSPS) is 16.4. The van der Waals surface area contributed by atoms with Crippen LogP contribution in [0.1, 0.15) is 20.8 Å². The molecule has 2 aromatic carbocycles. The maximum atomic E-state index is 13.8. The number of hydrogen-bond acceptors (Lipinski definition) is 4. The zero-order valence-electron chi connectivity index (χ0n) is 17.9. The molecule has 0 amide bonds. The number of aryl methyl sites for hydroxylation is 1. The third-order valence-corrected chi connectivity index (χ3v) is 7.70. The fraction of sp³-hybridized carbons (Fsp3) is 0.391. The van der Waals surface area contributed by atoms with Crippen molar-refractivity contribution in [2.45, 2.75) is 36.1 Å². The van der Waals surface area contributed by atoms with Gasteiger partial charge in [-0.3, -0.25) is 4.90 Å². The van der Waals surface area contributed by atoms with E-state index < -0.39 is 15.7 Å². The maximum Gasteiger partial charge on any atom is 0.208 e. The molecule has 1 saturated heterocycles. The molecule has 1 aliphatic rings. The van der Waals surface area contributed by atoms with Gasteiger partial charge in [-0.2, -0.15) is 0 Å². The monoisotopic (exact) mass is 429 g/mol. The summed E-state index contributed by atoms with van der Waals surface area (Å²) in [5, 5.41) is 0.404. The van der Waals surface area contributed by atoms with Crippen molar-refractivity contribution in [2.75, 3.05) is 31.1 Å². The Balaban J connectivity index is 1.67. The summed E-state index contributed by atoms with van der Waals surface area (Å²) in [4.78, 5) is 5.03. The Morgan fingerprint density at radius 1 is 0.967 bits per heavy atom. The number of rotatable bonds is 3. The van der Waals surface area contributed by atoms with E-state index in [2.05, 4.69) is 30.6 Å². The standard InChI is InChI=1S/C23H28FN3O2S/c1-23(2,3)27-12-10-26(11-13-27)18-6-5-7-19(15-18)30(28,29)22-16-25(4)21-9-8-17(24)14-20(21)22/h5-9,14-16H,10-13H2,1-4H3. The zero-order valence-corrected chi connectivity index (χ0v) is 18.7. The highest BCUT2D eigenvalue weighted by Gasteiger charge is 2.27. The molecule has 0 aliphatic carbocycles. The number of anilines is 1. The van der Waals surface area contributed by atoms with Crippen LogP contribution in [0.3, 0.4) is 0 Å². The van der Waals surface area contributed by atoms with Crippen LogP contribution in [0.4, 0.5) is 10.1 Å². The van der Waals surface area contributed by atoms with E-state index in [1.165, 1.54) is 12.1 Å². The molecule has 1 aliphatic heterocycles. The molecular formula is C23H28FN3O2S. The smallest absolute Gasteiger partial charge is 0.208 e. The molecule has 1 aromatic heterocycles. The maximum absolute atomic E-state index is 13.8. The van der Waals surface area contributed by atoms with Gasteiger partial charge in [-0.1, -0.05) is 6.07 Å². The van der Waals surface area contributed by atoms with E-state index >= 15 is 0 Å². The molecule has 0 atom stereocenters. The zero-order chi connectivity index (χ0) is 21.7. The number of halogens is 1. The minimum Gasteiger partial charge on any atom is -0.369 e. The van der Waals surface area contributed by atoms with Gasteiger partial charge in [0.15, 0.2) is 0 Å². The number of piperazine rings is 1. The first-order valence-electron chi connectivity index (χ1n) is 10.2. The van der Waals surface area contributed by atoms with Gasteiger partial charge in [-0.15, -0.1) is 0 Å². The summed E-state index contributed by atoms with van der Waals surface area (Å²) in [6.07, 6.45) is 1.56.